The first-order valence-corrected chi connectivity index (χ1v) is 6.28. The van der Waals surface area contributed by atoms with Crippen molar-refractivity contribution in [3.63, 3.8) is 0 Å². The summed E-state index contributed by atoms with van der Waals surface area (Å²) in [4.78, 5) is 8.59. The molecule has 2 aromatic rings. The molecule has 0 fully saturated rings. The third kappa shape index (κ3) is 4.17. The summed E-state index contributed by atoms with van der Waals surface area (Å²) in [6.07, 6.45) is 0. The maximum Gasteiger partial charge on any atom is 0.229 e. The maximum absolute atomic E-state index is 13.1. The lowest BCUT2D eigenvalue weighted by Gasteiger charge is -2.09. The monoisotopic (exact) mass is 276 g/mol. The van der Waals surface area contributed by atoms with Crippen molar-refractivity contribution in [1.82, 2.24) is 9.97 Å². The number of nitrogens with one attached hydrogen (secondary N) is 2. The summed E-state index contributed by atoms with van der Waals surface area (Å²) in [5, 5.41) is 6.12. The molecular weight excluding hydrogens is 259 g/mol. The Morgan fingerprint density at radius 1 is 1.25 bits per heavy atom. The highest BCUT2D eigenvalue weighted by atomic mass is 19.1. The van der Waals surface area contributed by atoms with Crippen molar-refractivity contribution in [3.8, 4) is 0 Å². The minimum absolute atomic E-state index is 0.305. The number of aromatic nitrogens is 2. The van der Waals surface area contributed by atoms with E-state index in [1.807, 2.05) is 13.0 Å². The van der Waals surface area contributed by atoms with Gasteiger partial charge in [0.05, 0.1) is 6.61 Å². The smallest absolute Gasteiger partial charge is 0.229 e. The van der Waals surface area contributed by atoms with Gasteiger partial charge in [0.2, 0.25) is 5.95 Å². The summed E-state index contributed by atoms with van der Waals surface area (Å²) < 4.78 is 18.1. The quantitative estimate of drug-likeness (QED) is 0.794. The Hall–Kier alpha value is -2.21. The lowest BCUT2D eigenvalue weighted by atomic mass is 10.3. The van der Waals surface area contributed by atoms with E-state index in [1.165, 1.54) is 12.1 Å². The number of hydrogen-bond donors (Lipinski definition) is 2. The molecule has 20 heavy (non-hydrogen) atoms. The number of anilines is 3. The molecule has 1 aromatic heterocycles. The number of aryl methyl sites for hydroxylation is 1. The zero-order chi connectivity index (χ0) is 14.4. The van der Waals surface area contributed by atoms with E-state index in [2.05, 4.69) is 20.6 Å². The van der Waals surface area contributed by atoms with E-state index in [4.69, 9.17) is 4.74 Å². The Kier molecular flexibility index (Phi) is 4.84. The molecule has 1 aromatic carbocycles. The van der Waals surface area contributed by atoms with Crippen molar-refractivity contribution in [2.75, 3.05) is 30.9 Å². The lowest BCUT2D eigenvalue weighted by molar-refractivity contribution is 0.210. The molecule has 2 rings (SSSR count). The molecule has 5 nitrogen and oxygen atoms in total. The predicted octanol–water partition coefficient (Wildman–Crippen LogP) is 2.73. The van der Waals surface area contributed by atoms with Gasteiger partial charge in [-0.1, -0.05) is 6.07 Å². The predicted molar refractivity (Wildman–Crippen MR) is 76.8 cm³/mol. The van der Waals surface area contributed by atoms with Crippen LogP contribution in [0.1, 0.15) is 5.69 Å². The summed E-state index contributed by atoms with van der Waals surface area (Å²) >= 11 is 0. The van der Waals surface area contributed by atoms with Gasteiger partial charge in [0, 0.05) is 31.1 Å². The molecule has 106 valence electrons. The summed E-state index contributed by atoms with van der Waals surface area (Å²) in [5.41, 5.74) is 1.43. The molecule has 0 bridgehead atoms. The van der Waals surface area contributed by atoms with Gasteiger partial charge in [-0.3, -0.25) is 0 Å². The highest BCUT2D eigenvalue weighted by Gasteiger charge is 2.03. The summed E-state index contributed by atoms with van der Waals surface area (Å²) in [6.45, 7) is 3.13. The molecule has 6 heteroatoms. The van der Waals surface area contributed by atoms with E-state index in [0.29, 0.717) is 30.6 Å². The van der Waals surface area contributed by atoms with Crippen LogP contribution in [0.4, 0.5) is 21.8 Å². The Labute approximate surface area is 117 Å². The number of hydrogen-bond acceptors (Lipinski definition) is 5. The largest absolute Gasteiger partial charge is 0.383 e. The van der Waals surface area contributed by atoms with E-state index in [9.17, 15) is 4.39 Å². The van der Waals surface area contributed by atoms with E-state index < -0.39 is 0 Å². The number of rotatable bonds is 6. The van der Waals surface area contributed by atoms with Crippen molar-refractivity contribution in [2.45, 2.75) is 6.92 Å². The molecule has 2 N–H and O–H groups in total. The second kappa shape index (κ2) is 6.81. The number of benzene rings is 1. The van der Waals surface area contributed by atoms with Gasteiger partial charge in [-0.25, -0.2) is 9.37 Å². The summed E-state index contributed by atoms with van der Waals surface area (Å²) in [6, 6.07) is 8.01. The standard InChI is InChI=1S/C14H17FN4O/c1-10-8-13(16-6-7-20-2)19-14(17-10)18-12-5-3-4-11(15)9-12/h3-5,8-9H,6-7H2,1-2H3,(H2,16,17,18,19). The molecule has 0 aliphatic heterocycles. The maximum atomic E-state index is 13.1. The van der Waals surface area contributed by atoms with Crippen molar-refractivity contribution in [3.05, 3.63) is 41.8 Å². The topological polar surface area (TPSA) is 59.1 Å². The first-order chi connectivity index (χ1) is 9.67. The third-order valence-corrected chi connectivity index (χ3v) is 2.55. The van der Waals surface area contributed by atoms with Crippen LogP contribution in [0.25, 0.3) is 0 Å². The first kappa shape index (κ1) is 14.2. The van der Waals surface area contributed by atoms with Crippen LogP contribution < -0.4 is 10.6 Å². The molecule has 0 saturated heterocycles. The van der Waals surface area contributed by atoms with Crippen LogP contribution >= 0.6 is 0 Å². The SMILES string of the molecule is COCCNc1cc(C)nc(Nc2cccc(F)c2)n1. The number of ether oxygens (including phenoxy) is 1. The van der Waals surface area contributed by atoms with Gasteiger partial charge >= 0.3 is 0 Å². The van der Waals surface area contributed by atoms with Crippen LogP contribution in [0.3, 0.4) is 0 Å². The highest BCUT2D eigenvalue weighted by Crippen LogP contribution is 2.16. The van der Waals surface area contributed by atoms with Gasteiger partial charge in [-0.15, -0.1) is 0 Å². The minimum Gasteiger partial charge on any atom is -0.383 e. The van der Waals surface area contributed by atoms with Crippen molar-refractivity contribution >= 4 is 17.5 Å². The van der Waals surface area contributed by atoms with Crippen LogP contribution in [-0.2, 0) is 4.74 Å². The van der Waals surface area contributed by atoms with E-state index in [-0.39, 0.29) is 5.82 Å². The second-order valence-electron chi connectivity index (χ2n) is 4.27. The van der Waals surface area contributed by atoms with Crippen molar-refractivity contribution < 1.29 is 9.13 Å². The molecular formula is C14H17FN4O. The highest BCUT2D eigenvalue weighted by molar-refractivity contribution is 5.55. The molecule has 0 unspecified atom stereocenters. The Morgan fingerprint density at radius 2 is 2.10 bits per heavy atom. The van der Waals surface area contributed by atoms with Crippen LogP contribution in [0.5, 0.6) is 0 Å². The fraction of sp³-hybridized carbons (Fsp3) is 0.286. The number of methoxy groups -OCH3 is 1. The normalized spacial score (nSPS) is 10.3. The van der Waals surface area contributed by atoms with Gasteiger partial charge in [-0.05, 0) is 25.1 Å². The van der Waals surface area contributed by atoms with Gasteiger partial charge < -0.3 is 15.4 Å². The summed E-state index contributed by atoms with van der Waals surface area (Å²) in [7, 11) is 1.64. The van der Waals surface area contributed by atoms with Crippen LogP contribution in [0, 0.1) is 12.7 Å². The zero-order valence-electron chi connectivity index (χ0n) is 11.5. The van der Waals surface area contributed by atoms with Gasteiger partial charge in [0.25, 0.3) is 0 Å². The average molecular weight is 276 g/mol. The Balaban J connectivity index is 2.11. The number of halogens is 1. The van der Waals surface area contributed by atoms with Crippen LogP contribution in [0.15, 0.2) is 30.3 Å². The minimum atomic E-state index is -0.305. The molecule has 0 amide bonds. The second-order valence-corrected chi connectivity index (χ2v) is 4.27. The third-order valence-electron chi connectivity index (χ3n) is 2.55. The van der Waals surface area contributed by atoms with Gasteiger partial charge in [0.15, 0.2) is 0 Å². The van der Waals surface area contributed by atoms with Crippen LogP contribution in [-0.4, -0.2) is 30.2 Å². The molecule has 0 radical (unpaired) electrons. The Morgan fingerprint density at radius 3 is 2.85 bits per heavy atom. The fourth-order valence-electron chi connectivity index (χ4n) is 1.69. The molecule has 0 spiro atoms. The van der Waals surface area contributed by atoms with Crippen molar-refractivity contribution in [2.24, 2.45) is 0 Å². The molecule has 0 atom stereocenters. The number of nitrogens with zero attached hydrogens (tertiary/aromatic N) is 2. The Bertz CT molecular complexity index is 577. The average Bonchev–Trinajstić information content (AvgIpc) is 2.38. The van der Waals surface area contributed by atoms with Gasteiger partial charge in [-0.2, -0.15) is 4.98 Å². The first-order valence-electron chi connectivity index (χ1n) is 6.28. The molecule has 0 saturated carbocycles. The summed E-state index contributed by atoms with van der Waals surface area (Å²) in [5.74, 6) is 0.824. The fourth-order valence-corrected chi connectivity index (χ4v) is 1.69. The van der Waals surface area contributed by atoms with E-state index in [1.54, 1.807) is 19.2 Å². The molecule has 0 aliphatic rings. The van der Waals surface area contributed by atoms with Crippen molar-refractivity contribution in [1.29, 1.82) is 0 Å². The van der Waals surface area contributed by atoms with E-state index >= 15 is 0 Å². The zero-order valence-corrected chi connectivity index (χ0v) is 11.5. The molecule has 1 heterocycles. The lowest BCUT2D eigenvalue weighted by Crippen LogP contribution is -2.10. The molecule has 0 aliphatic carbocycles. The van der Waals surface area contributed by atoms with Gasteiger partial charge in [0.1, 0.15) is 11.6 Å². The van der Waals surface area contributed by atoms with Crippen LogP contribution in [0.2, 0.25) is 0 Å². The van der Waals surface area contributed by atoms with E-state index in [0.717, 1.165) is 5.69 Å².